The molecule has 1 aliphatic rings. The van der Waals surface area contributed by atoms with E-state index in [4.69, 9.17) is 9.47 Å². The van der Waals surface area contributed by atoms with Crippen molar-refractivity contribution in [1.82, 2.24) is 4.90 Å². The van der Waals surface area contributed by atoms with E-state index in [9.17, 15) is 4.79 Å². The summed E-state index contributed by atoms with van der Waals surface area (Å²) in [6.07, 6.45) is 1.01. The second-order valence-electron chi connectivity index (χ2n) is 5.81. The van der Waals surface area contributed by atoms with Crippen molar-refractivity contribution in [1.29, 1.82) is 0 Å². The van der Waals surface area contributed by atoms with Gasteiger partial charge in [0.25, 0.3) is 0 Å². The molecule has 1 amide bonds. The second-order valence-corrected chi connectivity index (χ2v) is 6.81. The Bertz CT molecular complexity index is 729. The summed E-state index contributed by atoms with van der Waals surface area (Å²) < 4.78 is 10.5. The molecule has 0 aliphatic carbocycles. The molecule has 1 atom stereocenters. The number of anilines is 1. The molecule has 0 unspecified atom stereocenters. The van der Waals surface area contributed by atoms with Gasteiger partial charge in [0.1, 0.15) is 11.5 Å². The molecular weight excluding hydrogens is 324 g/mol. The summed E-state index contributed by atoms with van der Waals surface area (Å²) in [5.74, 6) is 1.25. The van der Waals surface area contributed by atoms with E-state index < -0.39 is 0 Å². The number of benzene rings is 1. The normalized spacial score (nSPS) is 17.2. The van der Waals surface area contributed by atoms with Crippen molar-refractivity contribution in [3.8, 4) is 11.5 Å². The molecular formula is C18H22N2O3S. The van der Waals surface area contributed by atoms with E-state index in [1.54, 1.807) is 43.8 Å². The first-order chi connectivity index (χ1) is 11.6. The van der Waals surface area contributed by atoms with Crippen LogP contribution in [0.4, 0.5) is 5.69 Å². The van der Waals surface area contributed by atoms with Crippen molar-refractivity contribution in [2.45, 2.75) is 19.4 Å². The zero-order valence-electron chi connectivity index (χ0n) is 14.2. The average molecular weight is 346 g/mol. The largest absolute Gasteiger partial charge is 0.497 e. The lowest BCUT2D eigenvalue weighted by molar-refractivity contribution is -0.117. The number of methoxy groups -OCH3 is 2. The van der Waals surface area contributed by atoms with Crippen LogP contribution in [0.3, 0.4) is 0 Å². The zero-order chi connectivity index (χ0) is 17.1. The molecule has 0 saturated carbocycles. The third-order valence-corrected chi connectivity index (χ3v) is 5.43. The Morgan fingerprint density at radius 3 is 2.92 bits per heavy atom. The quantitative estimate of drug-likeness (QED) is 0.902. The van der Waals surface area contributed by atoms with E-state index in [1.807, 2.05) is 0 Å². The predicted octanol–water partition coefficient (Wildman–Crippen LogP) is 3.32. The molecule has 1 aliphatic heterocycles. The number of fused-ring (bicyclic) bond motifs is 1. The number of nitrogens with zero attached hydrogens (tertiary/aromatic N) is 1. The van der Waals surface area contributed by atoms with E-state index in [0.29, 0.717) is 23.7 Å². The molecule has 0 spiro atoms. The Labute approximate surface area is 146 Å². The summed E-state index contributed by atoms with van der Waals surface area (Å²) in [5, 5.41) is 5.07. The van der Waals surface area contributed by atoms with Gasteiger partial charge in [-0.05, 0) is 42.5 Å². The summed E-state index contributed by atoms with van der Waals surface area (Å²) in [6, 6.07) is 7.79. The van der Waals surface area contributed by atoms with Crippen LogP contribution in [-0.4, -0.2) is 38.1 Å². The van der Waals surface area contributed by atoms with Crippen molar-refractivity contribution in [2.24, 2.45) is 0 Å². The van der Waals surface area contributed by atoms with Crippen LogP contribution in [0.5, 0.6) is 11.5 Å². The minimum atomic E-state index is -0.0490. The fourth-order valence-corrected chi connectivity index (χ4v) is 4.03. The van der Waals surface area contributed by atoms with Gasteiger partial charge < -0.3 is 14.8 Å². The number of hydrogen-bond acceptors (Lipinski definition) is 5. The predicted molar refractivity (Wildman–Crippen MR) is 96.2 cm³/mol. The molecule has 0 bridgehead atoms. The Morgan fingerprint density at radius 1 is 1.33 bits per heavy atom. The van der Waals surface area contributed by atoms with Gasteiger partial charge in [-0.25, -0.2) is 0 Å². The maximum atomic E-state index is 12.5. The van der Waals surface area contributed by atoms with E-state index in [0.717, 1.165) is 13.0 Å². The molecule has 0 saturated heterocycles. The van der Waals surface area contributed by atoms with Gasteiger partial charge in [0.15, 0.2) is 0 Å². The maximum absolute atomic E-state index is 12.5. The minimum Gasteiger partial charge on any atom is -0.497 e. The Balaban J connectivity index is 1.68. The van der Waals surface area contributed by atoms with Crippen LogP contribution in [0.15, 0.2) is 29.6 Å². The van der Waals surface area contributed by atoms with E-state index in [-0.39, 0.29) is 11.9 Å². The first-order valence-corrected chi connectivity index (χ1v) is 8.82. The first-order valence-electron chi connectivity index (χ1n) is 7.94. The van der Waals surface area contributed by atoms with Crippen LogP contribution in [0.1, 0.15) is 23.4 Å². The lowest BCUT2D eigenvalue weighted by Crippen LogP contribution is -2.39. The lowest BCUT2D eigenvalue weighted by Gasteiger charge is -2.32. The number of nitrogens with one attached hydrogen (secondary N) is 1. The molecule has 1 aromatic heterocycles. The Morgan fingerprint density at radius 2 is 2.17 bits per heavy atom. The molecule has 24 heavy (non-hydrogen) atoms. The van der Waals surface area contributed by atoms with Crippen LogP contribution in [0, 0.1) is 0 Å². The highest BCUT2D eigenvalue weighted by Crippen LogP contribution is 2.33. The molecule has 0 radical (unpaired) electrons. The maximum Gasteiger partial charge on any atom is 0.238 e. The van der Waals surface area contributed by atoms with Crippen LogP contribution < -0.4 is 14.8 Å². The van der Waals surface area contributed by atoms with Crippen molar-refractivity contribution >= 4 is 22.9 Å². The average Bonchev–Trinajstić information content (AvgIpc) is 3.06. The zero-order valence-corrected chi connectivity index (χ0v) is 15.0. The molecule has 6 heteroatoms. The van der Waals surface area contributed by atoms with Gasteiger partial charge in [0.05, 0.1) is 26.5 Å². The minimum absolute atomic E-state index is 0.0490. The van der Waals surface area contributed by atoms with Crippen molar-refractivity contribution in [3.63, 3.8) is 0 Å². The SMILES string of the molecule is COc1ccc(OC)c(NC(=O)CN2CCc3sccc3[C@@H]2C)c1. The fourth-order valence-electron chi connectivity index (χ4n) is 3.06. The van der Waals surface area contributed by atoms with Gasteiger partial charge in [-0.15, -0.1) is 11.3 Å². The highest BCUT2D eigenvalue weighted by molar-refractivity contribution is 7.10. The molecule has 128 valence electrons. The van der Waals surface area contributed by atoms with Crippen molar-refractivity contribution < 1.29 is 14.3 Å². The third-order valence-electron chi connectivity index (χ3n) is 4.43. The van der Waals surface area contributed by atoms with Crippen molar-refractivity contribution in [3.05, 3.63) is 40.1 Å². The first kappa shape index (κ1) is 16.8. The number of rotatable bonds is 5. The van der Waals surface area contributed by atoms with Gasteiger partial charge in [-0.3, -0.25) is 9.69 Å². The third kappa shape index (κ3) is 3.39. The van der Waals surface area contributed by atoms with Gasteiger partial charge in [0.2, 0.25) is 5.91 Å². The molecule has 2 aromatic rings. The van der Waals surface area contributed by atoms with E-state index >= 15 is 0 Å². The van der Waals surface area contributed by atoms with E-state index in [1.165, 1.54) is 10.4 Å². The monoisotopic (exact) mass is 346 g/mol. The Kier molecular flexibility index (Phi) is 5.06. The lowest BCUT2D eigenvalue weighted by atomic mass is 10.0. The van der Waals surface area contributed by atoms with Crippen LogP contribution in [0.2, 0.25) is 0 Å². The molecule has 3 rings (SSSR count). The van der Waals surface area contributed by atoms with E-state index in [2.05, 4.69) is 28.6 Å². The number of carbonyl (C=O) groups is 1. The van der Waals surface area contributed by atoms with Gasteiger partial charge in [-0.1, -0.05) is 0 Å². The van der Waals surface area contributed by atoms with Crippen LogP contribution in [0.25, 0.3) is 0 Å². The van der Waals surface area contributed by atoms with Gasteiger partial charge in [0, 0.05) is 23.5 Å². The topological polar surface area (TPSA) is 50.8 Å². The fraction of sp³-hybridized carbons (Fsp3) is 0.389. The number of carbonyl (C=O) groups excluding carboxylic acids is 1. The highest BCUT2D eigenvalue weighted by atomic mass is 32.1. The summed E-state index contributed by atoms with van der Waals surface area (Å²) in [6.45, 7) is 3.41. The number of thiophene rings is 1. The smallest absolute Gasteiger partial charge is 0.238 e. The Hall–Kier alpha value is -2.05. The standard InChI is InChI=1S/C18H22N2O3S/c1-12-14-7-9-24-17(14)6-8-20(12)11-18(21)19-15-10-13(22-2)4-5-16(15)23-3/h4-5,7,9-10,12H,6,8,11H2,1-3H3,(H,19,21)/t12-/m0/s1. The highest BCUT2D eigenvalue weighted by Gasteiger charge is 2.26. The molecule has 1 aromatic carbocycles. The van der Waals surface area contributed by atoms with Crippen LogP contribution in [-0.2, 0) is 11.2 Å². The van der Waals surface area contributed by atoms with Crippen LogP contribution >= 0.6 is 11.3 Å². The molecule has 2 heterocycles. The molecule has 1 N–H and O–H groups in total. The summed E-state index contributed by atoms with van der Waals surface area (Å²) in [5.41, 5.74) is 1.97. The van der Waals surface area contributed by atoms with Crippen molar-refractivity contribution in [2.75, 3.05) is 32.6 Å². The van der Waals surface area contributed by atoms with Gasteiger partial charge in [-0.2, -0.15) is 0 Å². The second kappa shape index (κ2) is 7.23. The number of hydrogen-bond donors (Lipinski definition) is 1. The number of ether oxygens (including phenoxy) is 2. The summed E-state index contributed by atoms with van der Waals surface area (Å²) >= 11 is 1.80. The molecule has 0 fully saturated rings. The molecule has 5 nitrogen and oxygen atoms in total. The summed E-state index contributed by atoms with van der Waals surface area (Å²) in [7, 11) is 3.18. The van der Waals surface area contributed by atoms with Gasteiger partial charge >= 0.3 is 0 Å². The summed E-state index contributed by atoms with van der Waals surface area (Å²) in [4.78, 5) is 16.1. The number of amides is 1.